The van der Waals surface area contributed by atoms with Crippen molar-refractivity contribution >= 4 is 18.0 Å². The lowest BCUT2D eigenvalue weighted by Crippen LogP contribution is -2.37. The fourth-order valence-corrected chi connectivity index (χ4v) is 0.485. The monoisotopic (exact) mass is 175 g/mol. The minimum Gasteiger partial charge on any atom is -0.542 e. The van der Waals surface area contributed by atoms with E-state index in [1.165, 1.54) is 0 Å². The third kappa shape index (κ3) is 3.22. The molecule has 0 fully saturated rings. The molecule has 2 N–H and O–H groups in total. The molecule has 0 radical (unpaired) electrons. The normalized spacial score (nSPS) is 14.8. The topological polar surface area (TPSA) is 115 Å². The molecule has 0 spiro atoms. The molecule has 0 aromatic carbocycles. The summed E-state index contributed by atoms with van der Waals surface area (Å²) >= 11 is 0. The third-order valence-corrected chi connectivity index (χ3v) is 1.16. The fraction of sp³-hybridized carbons (Fsp3) is 0.500. The van der Waals surface area contributed by atoms with Crippen LogP contribution in [0.3, 0.4) is 0 Å². The lowest BCUT2D eigenvalue weighted by atomic mass is 10.1. The molecule has 0 amide bonds. The summed E-state index contributed by atoms with van der Waals surface area (Å²) in [6, 6.07) is 0. The molecule has 0 aromatic rings. The van der Waals surface area contributed by atoms with Crippen molar-refractivity contribution < 1.29 is 29.7 Å². The number of carbonyl (C=O) groups excluding carboxylic acids is 3. The number of Topliss-reactive ketones (excluding diaryl/α,β-unsaturated/α-hetero) is 1. The van der Waals surface area contributed by atoms with Crippen LogP contribution in [0.15, 0.2) is 0 Å². The Morgan fingerprint density at radius 1 is 1.42 bits per heavy atom. The maximum absolute atomic E-state index is 10.3. The summed E-state index contributed by atoms with van der Waals surface area (Å²) in [6.07, 6.45) is -4.25. The smallest absolute Gasteiger partial charge is 0.180 e. The molecule has 12 heavy (non-hydrogen) atoms. The minimum absolute atomic E-state index is 0.00717. The first kappa shape index (κ1) is 10.7. The molecule has 0 heterocycles. The maximum atomic E-state index is 10.3. The zero-order valence-corrected chi connectivity index (χ0v) is 5.97. The Morgan fingerprint density at radius 2 is 1.92 bits per heavy atom. The van der Waals surface area contributed by atoms with Crippen LogP contribution in [0.4, 0.5) is 0 Å². The number of carbonyl (C=O) groups is 3. The highest BCUT2D eigenvalue weighted by atomic mass is 16.4. The Kier molecular flexibility index (Phi) is 4.09. The molecule has 0 aliphatic carbocycles. The number of rotatable bonds is 5. The van der Waals surface area contributed by atoms with E-state index in [4.69, 9.17) is 10.2 Å². The lowest BCUT2D eigenvalue weighted by Gasteiger charge is -2.11. The second-order valence-corrected chi connectivity index (χ2v) is 2.11. The van der Waals surface area contributed by atoms with Crippen LogP contribution in [0.1, 0.15) is 6.42 Å². The molecular formula is C6H7O6-. The van der Waals surface area contributed by atoms with Crippen LogP contribution in [0.5, 0.6) is 0 Å². The number of carboxylic acids is 1. The van der Waals surface area contributed by atoms with Gasteiger partial charge in [0.2, 0.25) is 0 Å². The summed E-state index contributed by atoms with van der Waals surface area (Å²) in [5.74, 6) is -3.31. The van der Waals surface area contributed by atoms with Crippen LogP contribution in [0, 0.1) is 0 Å². The van der Waals surface area contributed by atoms with E-state index in [-0.39, 0.29) is 6.29 Å². The molecular weight excluding hydrogens is 168 g/mol. The third-order valence-electron chi connectivity index (χ3n) is 1.16. The van der Waals surface area contributed by atoms with Gasteiger partial charge in [0.25, 0.3) is 0 Å². The summed E-state index contributed by atoms with van der Waals surface area (Å²) < 4.78 is 0. The standard InChI is InChI=1S/C6H8O6/c7-2-5(10)3(8)1-4(9)6(11)12/h2-3,5,8,10H,1H2,(H,11,12)/p-1/t3-,5+/m0/s1. The van der Waals surface area contributed by atoms with E-state index in [9.17, 15) is 19.5 Å². The van der Waals surface area contributed by atoms with Crippen LogP contribution in [-0.2, 0) is 14.4 Å². The number of ketones is 1. The minimum atomic E-state index is -1.95. The molecule has 68 valence electrons. The Morgan fingerprint density at radius 3 is 2.25 bits per heavy atom. The highest BCUT2D eigenvalue weighted by Crippen LogP contribution is 1.97. The van der Waals surface area contributed by atoms with E-state index in [0.717, 1.165) is 0 Å². The Labute approximate surface area is 67.4 Å². The van der Waals surface area contributed by atoms with Crippen molar-refractivity contribution in [2.75, 3.05) is 0 Å². The molecule has 0 bridgehead atoms. The van der Waals surface area contributed by atoms with E-state index >= 15 is 0 Å². The van der Waals surface area contributed by atoms with Crippen molar-refractivity contribution in [3.8, 4) is 0 Å². The molecule has 6 nitrogen and oxygen atoms in total. The zero-order valence-electron chi connectivity index (χ0n) is 5.97. The van der Waals surface area contributed by atoms with Crippen molar-refractivity contribution in [2.24, 2.45) is 0 Å². The van der Waals surface area contributed by atoms with Crippen LogP contribution >= 0.6 is 0 Å². The predicted molar refractivity (Wildman–Crippen MR) is 32.7 cm³/mol. The van der Waals surface area contributed by atoms with Gasteiger partial charge in [-0.25, -0.2) is 0 Å². The van der Waals surface area contributed by atoms with E-state index in [1.54, 1.807) is 0 Å². The van der Waals surface area contributed by atoms with Gasteiger partial charge in [-0.1, -0.05) is 0 Å². The van der Waals surface area contributed by atoms with E-state index < -0.39 is 30.4 Å². The van der Waals surface area contributed by atoms with E-state index in [1.807, 2.05) is 0 Å². The van der Waals surface area contributed by atoms with Gasteiger partial charge in [-0.2, -0.15) is 0 Å². The Bertz CT molecular complexity index is 198. The summed E-state index contributed by atoms with van der Waals surface area (Å²) in [5.41, 5.74) is 0. The first-order valence-electron chi connectivity index (χ1n) is 3.04. The number of hydrogen-bond acceptors (Lipinski definition) is 6. The Hall–Kier alpha value is -1.27. The summed E-state index contributed by atoms with van der Waals surface area (Å²) in [7, 11) is 0. The van der Waals surface area contributed by atoms with Gasteiger partial charge in [-0.05, 0) is 0 Å². The van der Waals surface area contributed by atoms with Gasteiger partial charge in [-0.15, -0.1) is 0 Å². The van der Waals surface area contributed by atoms with Gasteiger partial charge in [-0.3, -0.25) is 4.79 Å². The fourth-order valence-electron chi connectivity index (χ4n) is 0.485. The highest BCUT2D eigenvalue weighted by Gasteiger charge is 2.19. The quantitative estimate of drug-likeness (QED) is 0.332. The number of aldehydes is 1. The van der Waals surface area contributed by atoms with Crippen molar-refractivity contribution in [3.05, 3.63) is 0 Å². The van der Waals surface area contributed by atoms with Gasteiger partial charge < -0.3 is 24.9 Å². The zero-order chi connectivity index (χ0) is 9.72. The second kappa shape index (κ2) is 4.58. The molecule has 0 saturated heterocycles. The van der Waals surface area contributed by atoms with Crippen molar-refractivity contribution in [3.63, 3.8) is 0 Å². The first-order valence-corrected chi connectivity index (χ1v) is 3.04. The lowest BCUT2D eigenvalue weighted by molar-refractivity contribution is -0.300. The molecule has 0 aliphatic rings. The molecule has 2 atom stereocenters. The van der Waals surface area contributed by atoms with E-state index in [0.29, 0.717) is 0 Å². The first-order chi connectivity index (χ1) is 5.49. The number of aliphatic hydroxyl groups excluding tert-OH is 2. The van der Waals surface area contributed by atoms with Crippen LogP contribution < -0.4 is 5.11 Å². The number of aliphatic carboxylic acids is 1. The average molecular weight is 175 g/mol. The predicted octanol–water partition coefficient (Wildman–Crippen LogP) is -3.38. The highest BCUT2D eigenvalue weighted by molar-refractivity contribution is 6.31. The summed E-state index contributed by atoms with van der Waals surface area (Å²) in [6.45, 7) is 0. The van der Waals surface area contributed by atoms with Gasteiger partial charge in [0.05, 0.1) is 6.10 Å². The molecule has 0 aromatic heterocycles. The molecule has 6 heteroatoms. The molecule has 0 unspecified atom stereocenters. The Balaban J connectivity index is 4.00. The SMILES string of the molecule is O=C[C@@H](O)[C@@H](O)CC(=O)C(=O)[O-]. The van der Waals surface area contributed by atoms with Gasteiger partial charge in [0.15, 0.2) is 12.1 Å². The summed E-state index contributed by atoms with van der Waals surface area (Å²) in [4.78, 5) is 29.9. The maximum Gasteiger partial charge on any atom is 0.180 e. The van der Waals surface area contributed by atoms with Crippen molar-refractivity contribution in [1.29, 1.82) is 0 Å². The molecule has 0 aliphatic heterocycles. The van der Waals surface area contributed by atoms with Crippen LogP contribution in [0.25, 0.3) is 0 Å². The number of hydrogen-bond donors (Lipinski definition) is 2. The average Bonchev–Trinajstić information content (AvgIpc) is 2.02. The van der Waals surface area contributed by atoms with Gasteiger partial charge in [0.1, 0.15) is 12.1 Å². The molecule has 0 saturated carbocycles. The van der Waals surface area contributed by atoms with Crippen LogP contribution in [0.2, 0.25) is 0 Å². The van der Waals surface area contributed by atoms with Gasteiger partial charge >= 0.3 is 0 Å². The largest absolute Gasteiger partial charge is 0.542 e. The molecule has 0 rings (SSSR count). The van der Waals surface area contributed by atoms with Crippen molar-refractivity contribution in [1.82, 2.24) is 0 Å². The second-order valence-electron chi connectivity index (χ2n) is 2.11. The van der Waals surface area contributed by atoms with Crippen molar-refractivity contribution in [2.45, 2.75) is 18.6 Å². The van der Waals surface area contributed by atoms with E-state index in [2.05, 4.69) is 0 Å². The van der Waals surface area contributed by atoms with Crippen LogP contribution in [-0.4, -0.2) is 40.5 Å². The number of aliphatic hydroxyl groups is 2. The summed E-state index contributed by atoms with van der Waals surface area (Å²) in [5, 5.41) is 27.1. The van der Waals surface area contributed by atoms with Gasteiger partial charge in [0, 0.05) is 6.42 Å². The number of carboxylic acid groups (broad SMARTS) is 1.